The third-order valence-corrected chi connectivity index (χ3v) is 4.39. The highest BCUT2D eigenvalue weighted by molar-refractivity contribution is 5.99. The molecule has 2 rings (SSSR count). The molecule has 7 nitrogen and oxygen atoms in total. The Morgan fingerprint density at radius 3 is 2.36 bits per heavy atom. The van der Waals surface area contributed by atoms with Crippen molar-refractivity contribution < 1.29 is 23.9 Å². The Hall–Kier alpha value is -3.09. The molecule has 0 radical (unpaired) electrons. The number of hydrogen-bond donors (Lipinski definition) is 1. The van der Waals surface area contributed by atoms with Crippen molar-refractivity contribution >= 4 is 17.8 Å². The molecule has 150 valence electrons. The second-order valence-electron chi connectivity index (χ2n) is 6.57. The van der Waals surface area contributed by atoms with Crippen LogP contribution in [0.15, 0.2) is 30.3 Å². The third kappa shape index (κ3) is 4.79. The minimum Gasteiger partial charge on any atom is -0.462 e. The fourth-order valence-electron chi connectivity index (χ4n) is 2.98. The Morgan fingerprint density at radius 1 is 1.11 bits per heavy atom. The van der Waals surface area contributed by atoms with Crippen LogP contribution in [0.3, 0.4) is 0 Å². The Kier molecular flexibility index (Phi) is 6.98. The van der Waals surface area contributed by atoms with E-state index in [1.807, 2.05) is 30.3 Å². The highest BCUT2D eigenvalue weighted by atomic mass is 16.5. The molecule has 1 atom stereocenters. The number of rotatable bonds is 7. The van der Waals surface area contributed by atoms with Gasteiger partial charge in [-0.1, -0.05) is 30.3 Å². The summed E-state index contributed by atoms with van der Waals surface area (Å²) in [5, 5.41) is 0. The van der Waals surface area contributed by atoms with Gasteiger partial charge in [0, 0.05) is 19.3 Å². The van der Waals surface area contributed by atoms with E-state index in [0.29, 0.717) is 23.4 Å². The van der Waals surface area contributed by atoms with Crippen molar-refractivity contribution in [1.29, 1.82) is 0 Å². The molecule has 1 aromatic heterocycles. The lowest BCUT2D eigenvalue weighted by Crippen LogP contribution is -2.37. The van der Waals surface area contributed by atoms with Gasteiger partial charge in [0.1, 0.15) is 5.69 Å². The van der Waals surface area contributed by atoms with Crippen molar-refractivity contribution in [2.24, 2.45) is 0 Å². The Bertz CT molecular complexity index is 857. The molecule has 0 aliphatic carbocycles. The van der Waals surface area contributed by atoms with Crippen molar-refractivity contribution in [3.8, 4) is 0 Å². The molecule has 1 N–H and O–H groups in total. The number of hydrogen-bond acceptors (Lipinski definition) is 5. The summed E-state index contributed by atoms with van der Waals surface area (Å²) in [7, 11) is 1.66. The smallest absolute Gasteiger partial charge is 0.355 e. The van der Waals surface area contributed by atoms with Gasteiger partial charge >= 0.3 is 11.9 Å². The molecule has 0 unspecified atom stereocenters. The predicted molar refractivity (Wildman–Crippen MR) is 104 cm³/mol. The van der Waals surface area contributed by atoms with E-state index in [0.717, 1.165) is 5.56 Å². The standard InChI is InChI=1S/C21H26N2O5/c1-6-27-20(25)17-13(2)18(22-14(17)3)21(26)28-15(4)19(24)23(5)12-16-10-8-7-9-11-16/h7-11,15,22H,6,12H2,1-5H3/t15-/m0/s1. The van der Waals surface area contributed by atoms with Crippen molar-refractivity contribution in [2.75, 3.05) is 13.7 Å². The topological polar surface area (TPSA) is 88.7 Å². The Labute approximate surface area is 164 Å². The van der Waals surface area contributed by atoms with E-state index < -0.39 is 18.0 Å². The number of nitrogens with one attached hydrogen (secondary N) is 1. The first kappa shape index (κ1) is 21.2. The highest BCUT2D eigenvalue weighted by Gasteiger charge is 2.27. The number of aryl methyl sites for hydroxylation is 1. The molecule has 0 saturated carbocycles. The Balaban J connectivity index is 2.06. The molecule has 1 aromatic carbocycles. The summed E-state index contributed by atoms with van der Waals surface area (Å²) in [6.45, 7) is 7.21. The fraction of sp³-hybridized carbons (Fsp3) is 0.381. The van der Waals surface area contributed by atoms with E-state index in [-0.39, 0.29) is 18.2 Å². The lowest BCUT2D eigenvalue weighted by Gasteiger charge is -2.21. The van der Waals surface area contributed by atoms with Gasteiger partial charge in [0.15, 0.2) is 6.10 Å². The first-order chi connectivity index (χ1) is 13.3. The summed E-state index contributed by atoms with van der Waals surface area (Å²) in [4.78, 5) is 41.5. The Morgan fingerprint density at radius 2 is 1.75 bits per heavy atom. The summed E-state index contributed by atoms with van der Waals surface area (Å²) in [6.07, 6.45) is -0.963. The minimum absolute atomic E-state index is 0.144. The van der Waals surface area contributed by atoms with Crippen LogP contribution in [-0.2, 0) is 20.8 Å². The SMILES string of the molecule is CCOC(=O)c1c(C)[nH]c(C(=O)O[C@@H](C)C(=O)N(C)Cc2ccccc2)c1C. The van der Waals surface area contributed by atoms with Gasteiger partial charge in [-0.15, -0.1) is 0 Å². The van der Waals surface area contributed by atoms with Crippen molar-refractivity contribution in [1.82, 2.24) is 9.88 Å². The second kappa shape index (κ2) is 9.21. The normalized spacial score (nSPS) is 11.6. The van der Waals surface area contributed by atoms with E-state index >= 15 is 0 Å². The maximum Gasteiger partial charge on any atom is 0.355 e. The predicted octanol–water partition coefficient (Wildman–Crippen LogP) is 3.01. The molecule has 0 spiro atoms. The van der Waals surface area contributed by atoms with Crippen LogP contribution in [-0.4, -0.2) is 47.5 Å². The van der Waals surface area contributed by atoms with E-state index in [2.05, 4.69) is 4.98 Å². The molecular weight excluding hydrogens is 360 g/mol. The van der Waals surface area contributed by atoms with E-state index in [1.165, 1.54) is 11.8 Å². The number of aromatic nitrogens is 1. The second-order valence-corrected chi connectivity index (χ2v) is 6.57. The lowest BCUT2D eigenvalue weighted by molar-refractivity contribution is -0.139. The van der Waals surface area contributed by atoms with Crippen LogP contribution in [0.25, 0.3) is 0 Å². The molecular formula is C21H26N2O5. The average Bonchev–Trinajstić information content (AvgIpc) is 2.96. The van der Waals surface area contributed by atoms with E-state index in [9.17, 15) is 14.4 Å². The molecule has 1 heterocycles. The summed E-state index contributed by atoms with van der Waals surface area (Å²) < 4.78 is 10.4. The maximum absolute atomic E-state index is 12.5. The van der Waals surface area contributed by atoms with Crippen LogP contribution in [0.4, 0.5) is 0 Å². The number of carbonyl (C=O) groups excluding carboxylic acids is 3. The minimum atomic E-state index is -0.963. The molecule has 1 amide bonds. The summed E-state index contributed by atoms with van der Waals surface area (Å²) in [5.41, 5.74) is 2.40. The number of carbonyl (C=O) groups is 3. The summed E-state index contributed by atoms with van der Waals surface area (Å²) >= 11 is 0. The number of nitrogens with zero attached hydrogens (tertiary/aromatic N) is 1. The number of likely N-dealkylation sites (N-methyl/N-ethyl adjacent to an activating group) is 1. The van der Waals surface area contributed by atoms with Crippen LogP contribution in [0.2, 0.25) is 0 Å². The maximum atomic E-state index is 12.5. The van der Waals surface area contributed by atoms with Gasteiger partial charge in [-0.3, -0.25) is 4.79 Å². The molecule has 0 aliphatic heterocycles. The summed E-state index contributed by atoms with van der Waals surface area (Å²) in [6, 6.07) is 9.54. The zero-order valence-corrected chi connectivity index (χ0v) is 16.9. The molecule has 2 aromatic rings. The molecule has 28 heavy (non-hydrogen) atoms. The number of aromatic amines is 1. The number of ether oxygens (including phenoxy) is 2. The van der Waals surface area contributed by atoms with E-state index in [1.54, 1.807) is 27.8 Å². The van der Waals surface area contributed by atoms with Crippen LogP contribution >= 0.6 is 0 Å². The number of H-pyrrole nitrogens is 1. The van der Waals surface area contributed by atoms with Crippen LogP contribution in [0, 0.1) is 13.8 Å². The van der Waals surface area contributed by atoms with Gasteiger partial charge in [0.25, 0.3) is 5.91 Å². The largest absolute Gasteiger partial charge is 0.462 e. The van der Waals surface area contributed by atoms with Crippen LogP contribution < -0.4 is 0 Å². The van der Waals surface area contributed by atoms with Crippen molar-refractivity contribution in [3.63, 3.8) is 0 Å². The fourth-order valence-corrected chi connectivity index (χ4v) is 2.98. The monoisotopic (exact) mass is 386 g/mol. The lowest BCUT2D eigenvalue weighted by atomic mass is 10.1. The number of esters is 2. The molecule has 7 heteroatoms. The highest BCUT2D eigenvalue weighted by Crippen LogP contribution is 2.20. The van der Waals surface area contributed by atoms with Crippen LogP contribution in [0.5, 0.6) is 0 Å². The van der Waals surface area contributed by atoms with Crippen molar-refractivity contribution in [3.05, 3.63) is 58.4 Å². The van der Waals surface area contributed by atoms with Gasteiger partial charge in [-0.25, -0.2) is 9.59 Å². The molecule has 0 fully saturated rings. The van der Waals surface area contributed by atoms with Gasteiger partial charge in [-0.2, -0.15) is 0 Å². The first-order valence-corrected chi connectivity index (χ1v) is 9.12. The molecule has 0 saturated heterocycles. The molecule has 0 bridgehead atoms. The zero-order chi connectivity index (χ0) is 20.8. The van der Waals surface area contributed by atoms with Gasteiger partial charge in [0.2, 0.25) is 0 Å². The van der Waals surface area contributed by atoms with Gasteiger partial charge < -0.3 is 19.4 Å². The average molecular weight is 386 g/mol. The zero-order valence-electron chi connectivity index (χ0n) is 16.9. The third-order valence-electron chi connectivity index (χ3n) is 4.39. The number of benzene rings is 1. The van der Waals surface area contributed by atoms with Gasteiger partial charge in [-0.05, 0) is 38.8 Å². The molecule has 0 aliphatic rings. The quantitative estimate of drug-likeness (QED) is 0.739. The number of amides is 1. The van der Waals surface area contributed by atoms with Gasteiger partial charge in [0.05, 0.1) is 12.2 Å². The van der Waals surface area contributed by atoms with E-state index in [4.69, 9.17) is 9.47 Å². The van der Waals surface area contributed by atoms with Crippen LogP contribution in [0.1, 0.15) is 51.5 Å². The summed E-state index contributed by atoms with van der Waals surface area (Å²) in [5.74, 6) is -1.51. The van der Waals surface area contributed by atoms with Crippen molar-refractivity contribution in [2.45, 2.75) is 40.3 Å². The first-order valence-electron chi connectivity index (χ1n) is 9.12.